The minimum absolute atomic E-state index is 0.591. The molecule has 2 aromatic carbocycles. The molecule has 0 saturated carbocycles. The van der Waals surface area contributed by atoms with Crippen molar-refractivity contribution in [1.29, 1.82) is 0 Å². The van der Waals surface area contributed by atoms with Crippen LogP contribution in [0.1, 0.15) is 13.3 Å². The van der Waals surface area contributed by atoms with Gasteiger partial charge in [0.25, 0.3) is 0 Å². The molecule has 0 fully saturated rings. The average Bonchev–Trinajstić information content (AvgIpc) is 2.44. The molecule has 0 heterocycles. The van der Waals surface area contributed by atoms with Gasteiger partial charge in [0.15, 0.2) is 0 Å². The monoisotopic (exact) mass is 354 g/mol. The molecule has 2 aromatic rings. The summed E-state index contributed by atoms with van der Waals surface area (Å²) < 4.78 is 6.42. The van der Waals surface area contributed by atoms with Gasteiger partial charge in [-0.05, 0) is 46.6 Å². The zero-order valence-electron chi connectivity index (χ0n) is 11.1. The van der Waals surface area contributed by atoms with Crippen molar-refractivity contribution in [2.24, 2.45) is 0 Å². The van der Waals surface area contributed by atoms with Crippen molar-refractivity contribution >= 4 is 44.6 Å². The predicted octanol–water partition coefficient (Wildman–Crippen LogP) is 5.22. The van der Waals surface area contributed by atoms with Gasteiger partial charge in [0, 0.05) is 0 Å². The Kier molecular flexibility index (Phi) is 5.15. The quantitative estimate of drug-likeness (QED) is 0.723. The molecule has 0 aliphatic carbocycles. The summed E-state index contributed by atoms with van der Waals surface area (Å²) in [6.45, 7) is 2.70. The highest BCUT2D eigenvalue weighted by atomic mass is 79.9. The second kappa shape index (κ2) is 6.86. The van der Waals surface area contributed by atoms with Gasteiger partial charge >= 0.3 is 0 Å². The molecule has 0 saturated heterocycles. The van der Waals surface area contributed by atoms with E-state index in [1.165, 1.54) is 0 Å². The molecule has 0 aliphatic rings. The van der Waals surface area contributed by atoms with Gasteiger partial charge in [-0.1, -0.05) is 30.7 Å². The molecule has 0 atom stereocenters. The number of anilines is 3. The molecule has 0 spiro atoms. The molecule has 0 radical (unpaired) electrons. The molecule has 0 aromatic heterocycles. The van der Waals surface area contributed by atoms with Crippen LogP contribution in [0.5, 0.6) is 5.75 Å². The van der Waals surface area contributed by atoms with Crippen molar-refractivity contribution in [3.05, 3.63) is 45.9 Å². The first-order chi connectivity index (χ1) is 9.63. The minimum Gasteiger partial charge on any atom is -0.491 e. The maximum absolute atomic E-state index is 6.12. The molecule has 5 heteroatoms. The minimum atomic E-state index is 0.591. The van der Waals surface area contributed by atoms with Gasteiger partial charge in [0.1, 0.15) is 5.75 Å². The number of rotatable bonds is 5. The Morgan fingerprint density at radius 1 is 1.20 bits per heavy atom. The summed E-state index contributed by atoms with van der Waals surface area (Å²) in [6.07, 6.45) is 0.941. The van der Waals surface area contributed by atoms with E-state index >= 15 is 0 Å². The largest absolute Gasteiger partial charge is 0.491 e. The number of para-hydroxylation sites is 1. The SMILES string of the molecule is CCCOc1cccc(Nc2cccc(Cl)c2Br)c1N. The van der Waals surface area contributed by atoms with Crippen molar-refractivity contribution < 1.29 is 4.74 Å². The van der Waals surface area contributed by atoms with E-state index < -0.39 is 0 Å². The molecule has 2 rings (SSSR count). The molecule has 0 amide bonds. The van der Waals surface area contributed by atoms with E-state index in [0.29, 0.717) is 23.1 Å². The molecule has 0 aliphatic heterocycles. The van der Waals surface area contributed by atoms with Crippen LogP contribution >= 0.6 is 27.5 Å². The van der Waals surface area contributed by atoms with E-state index in [1.54, 1.807) is 0 Å². The van der Waals surface area contributed by atoms with Gasteiger partial charge in [-0.3, -0.25) is 0 Å². The average molecular weight is 356 g/mol. The number of hydrogen-bond donors (Lipinski definition) is 2. The van der Waals surface area contributed by atoms with E-state index in [9.17, 15) is 0 Å². The van der Waals surface area contributed by atoms with Crippen molar-refractivity contribution in [3.8, 4) is 5.75 Å². The van der Waals surface area contributed by atoms with E-state index in [-0.39, 0.29) is 0 Å². The lowest BCUT2D eigenvalue weighted by Gasteiger charge is -2.14. The first kappa shape index (κ1) is 15.0. The van der Waals surface area contributed by atoms with Crippen LogP contribution in [0.25, 0.3) is 0 Å². The van der Waals surface area contributed by atoms with Crippen LogP contribution in [0.3, 0.4) is 0 Å². The van der Waals surface area contributed by atoms with Crippen LogP contribution < -0.4 is 15.8 Å². The maximum atomic E-state index is 6.12. The van der Waals surface area contributed by atoms with Crippen LogP contribution in [0.4, 0.5) is 17.1 Å². The highest BCUT2D eigenvalue weighted by Crippen LogP contribution is 2.36. The number of halogens is 2. The van der Waals surface area contributed by atoms with Crippen LogP contribution in [-0.2, 0) is 0 Å². The summed E-state index contributed by atoms with van der Waals surface area (Å²) in [5.74, 6) is 0.690. The van der Waals surface area contributed by atoms with Crippen LogP contribution in [0, 0.1) is 0 Å². The molecule has 0 unspecified atom stereocenters. The predicted molar refractivity (Wildman–Crippen MR) is 89.1 cm³/mol. The third-order valence-electron chi connectivity index (χ3n) is 2.75. The first-order valence-corrected chi connectivity index (χ1v) is 7.53. The number of nitrogen functional groups attached to an aromatic ring is 1. The lowest BCUT2D eigenvalue weighted by Crippen LogP contribution is -2.02. The summed E-state index contributed by atoms with van der Waals surface area (Å²) in [7, 11) is 0. The number of nitrogens with two attached hydrogens (primary N) is 1. The lowest BCUT2D eigenvalue weighted by molar-refractivity contribution is 0.319. The summed E-state index contributed by atoms with van der Waals surface area (Å²) in [5, 5.41) is 3.91. The van der Waals surface area contributed by atoms with E-state index in [1.807, 2.05) is 36.4 Å². The van der Waals surface area contributed by atoms with E-state index in [2.05, 4.69) is 28.2 Å². The van der Waals surface area contributed by atoms with Crippen molar-refractivity contribution in [1.82, 2.24) is 0 Å². The van der Waals surface area contributed by atoms with Gasteiger partial charge in [0.05, 0.1) is 33.2 Å². The molecule has 3 nitrogen and oxygen atoms in total. The van der Waals surface area contributed by atoms with Crippen molar-refractivity contribution in [3.63, 3.8) is 0 Å². The lowest BCUT2D eigenvalue weighted by atomic mass is 10.2. The number of ether oxygens (including phenoxy) is 1. The Bertz CT molecular complexity index is 604. The van der Waals surface area contributed by atoms with Gasteiger partial charge < -0.3 is 15.8 Å². The van der Waals surface area contributed by atoms with Gasteiger partial charge in [-0.25, -0.2) is 0 Å². The molecule has 106 valence electrons. The maximum Gasteiger partial charge on any atom is 0.144 e. The molecular weight excluding hydrogens is 340 g/mol. The molecule has 0 bridgehead atoms. The smallest absolute Gasteiger partial charge is 0.144 e. The fourth-order valence-electron chi connectivity index (χ4n) is 1.74. The van der Waals surface area contributed by atoms with Crippen LogP contribution in [-0.4, -0.2) is 6.61 Å². The standard InChI is InChI=1S/C15H16BrClN2O/c1-2-9-20-13-8-4-7-12(15(13)18)19-11-6-3-5-10(17)14(11)16/h3-8,19H,2,9,18H2,1H3. The summed E-state index contributed by atoms with van der Waals surface area (Å²) in [6, 6.07) is 11.3. The Morgan fingerprint density at radius 3 is 2.65 bits per heavy atom. The Hall–Kier alpha value is -1.39. The third-order valence-corrected chi connectivity index (χ3v) is 4.15. The number of nitrogens with one attached hydrogen (secondary N) is 1. The Morgan fingerprint density at radius 2 is 1.90 bits per heavy atom. The normalized spacial score (nSPS) is 10.3. The second-order valence-electron chi connectivity index (χ2n) is 4.29. The second-order valence-corrected chi connectivity index (χ2v) is 5.49. The summed E-state index contributed by atoms with van der Waals surface area (Å²) >= 11 is 9.53. The van der Waals surface area contributed by atoms with Gasteiger partial charge in [-0.2, -0.15) is 0 Å². The fourth-order valence-corrected chi connectivity index (χ4v) is 2.27. The van der Waals surface area contributed by atoms with Crippen LogP contribution in [0.2, 0.25) is 5.02 Å². The van der Waals surface area contributed by atoms with Crippen molar-refractivity contribution in [2.75, 3.05) is 17.7 Å². The zero-order valence-corrected chi connectivity index (χ0v) is 13.5. The third kappa shape index (κ3) is 3.38. The molecule has 3 N–H and O–H groups in total. The molecular formula is C15H16BrClN2O. The van der Waals surface area contributed by atoms with Gasteiger partial charge in [-0.15, -0.1) is 0 Å². The summed E-state index contributed by atoms with van der Waals surface area (Å²) in [4.78, 5) is 0. The first-order valence-electron chi connectivity index (χ1n) is 6.35. The topological polar surface area (TPSA) is 47.3 Å². The highest BCUT2D eigenvalue weighted by Gasteiger charge is 2.09. The molecule has 20 heavy (non-hydrogen) atoms. The van der Waals surface area contributed by atoms with Crippen molar-refractivity contribution in [2.45, 2.75) is 13.3 Å². The Balaban J connectivity index is 2.27. The summed E-state index contributed by atoms with van der Waals surface area (Å²) in [5.41, 5.74) is 8.37. The van der Waals surface area contributed by atoms with Crippen LogP contribution in [0.15, 0.2) is 40.9 Å². The zero-order chi connectivity index (χ0) is 14.5. The number of hydrogen-bond acceptors (Lipinski definition) is 3. The van der Waals surface area contributed by atoms with E-state index in [0.717, 1.165) is 22.3 Å². The Labute approximate surface area is 132 Å². The highest BCUT2D eigenvalue weighted by molar-refractivity contribution is 9.10. The fraction of sp³-hybridized carbons (Fsp3) is 0.200. The van der Waals surface area contributed by atoms with Gasteiger partial charge in [0.2, 0.25) is 0 Å². The van der Waals surface area contributed by atoms with E-state index in [4.69, 9.17) is 22.1 Å². The number of benzene rings is 2.